The average molecular weight is 307 g/mol. The molecule has 0 saturated carbocycles. The molecule has 7 heteroatoms. The number of hydrogen-bond donors (Lipinski definition) is 1. The molecule has 21 heavy (non-hydrogen) atoms. The number of nitrogen functional groups attached to an aromatic ring is 1. The minimum atomic E-state index is -0.929. The van der Waals surface area contributed by atoms with E-state index in [0.717, 1.165) is 6.42 Å². The molecule has 0 atom stereocenters. The summed E-state index contributed by atoms with van der Waals surface area (Å²) < 4.78 is 15.7. The van der Waals surface area contributed by atoms with Crippen molar-refractivity contribution >= 4 is 28.3 Å². The van der Waals surface area contributed by atoms with E-state index in [0.29, 0.717) is 12.1 Å². The van der Waals surface area contributed by atoms with E-state index in [-0.39, 0.29) is 33.0 Å². The van der Waals surface area contributed by atoms with Crippen molar-refractivity contribution in [2.75, 3.05) is 5.73 Å². The summed E-state index contributed by atoms with van der Waals surface area (Å²) in [5, 5.41) is 8.83. The van der Waals surface area contributed by atoms with Crippen LogP contribution in [0.25, 0.3) is 11.0 Å². The summed E-state index contributed by atoms with van der Waals surface area (Å²) in [5.74, 6) is -0.929. The molecule has 0 bridgehead atoms. The van der Waals surface area contributed by atoms with Gasteiger partial charge in [0.1, 0.15) is 17.3 Å². The predicted octanol–water partition coefficient (Wildman–Crippen LogP) is 2.32. The molecular weight excluding hydrogens is 295 g/mol. The van der Waals surface area contributed by atoms with Crippen molar-refractivity contribution in [3.63, 3.8) is 0 Å². The van der Waals surface area contributed by atoms with Gasteiger partial charge in [-0.3, -0.25) is 4.79 Å². The molecule has 3 heterocycles. The van der Waals surface area contributed by atoms with Gasteiger partial charge < -0.3 is 10.3 Å². The maximum absolute atomic E-state index is 13.9. The van der Waals surface area contributed by atoms with Crippen LogP contribution in [0.3, 0.4) is 0 Å². The maximum atomic E-state index is 13.9. The Morgan fingerprint density at radius 2 is 2.19 bits per heavy atom. The molecule has 0 aromatic carbocycles. The summed E-state index contributed by atoms with van der Waals surface area (Å²) in [6.45, 7) is 3.92. The number of rotatable bonds is 0. The van der Waals surface area contributed by atoms with E-state index in [1.807, 2.05) is 19.9 Å². The first-order valence-electron chi connectivity index (χ1n) is 6.42. The Labute approximate surface area is 124 Å². The molecule has 1 aliphatic rings. The van der Waals surface area contributed by atoms with Crippen LogP contribution >= 0.6 is 11.6 Å². The fraction of sp³-hybridized carbons (Fsp3) is 0.357. The number of nitrogens with zero attached hydrogens (tertiary/aromatic N) is 3. The van der Waals surface area contributed by atoms with E-state index >= 15 is 0 Å². The molecule has 5 nitrogen and oxygen atoms in total. The highest BCUT2D eigenvalue weighted by Crippen LogP contribution is 2.37. The van der Waals surface area contributed by atoms with Gasteiger partial charge in [-0.15, -0.1) is 0 Å². The van der Waals surface area contributed by atoms with Crippen LogP contribution in [0.4, 0.5) is 10.1 Å². The third kappa shape index (κ3) is 1.67. The van der Waals surface area contributed by atoms with Crippen molar-refractivity contribution in [3.05, 3.63) is 32.5 Å². The molecule has 0 saturated heterocycles. The Bertz CT molecular complexity index is 895. The number of nitriles is 1. The van der Waals surface area contributed by atoms with Gasteiger partial charge in [0.25, 0.3) is 0 Å². The molecule has 0 aliphatic carbocycles. The molecule has 3 rings (SSSR count). The molecular formula is C14H12ClFN4O. The van der Waals surface area contributed by atoms with E-state index in [9.17, 15) is 14.4 Å². The number of pyridine rings is 2. The second-order valence-corrected chi connectivity index (χ2v) is 6.10. The standard InChI is InChI=1S/C14H12ClFN4O/c1-14(2)4-3-7-6(5-17)11(21)8-10(18)9(16)12(15)19-13(8)20(7)14/h3-4H2,1-2H3,(H2,18,19). The molecule has 2 N–H and O–H groups in total. The van der Waals surface area contributed by atoms with Crippen LogP contribution in [0.2, 0.25) is 5.15 Å². The molecule has 0 amide bonds. The van der Waals surface area contributed by atoms with E-state index in [4.69, 9.17) is 17.3 Å². The maximum Gasteiger partial charge on any atom is 0.211 e. The highest BCUT2D eigenvalue weighted by Gasteiger charge is 2.35. The summed E-state index contributed by atoms with van der Waals surface area (Å²) >= 11 is 5.77. The molecule has 0 fully saturated rings. The van der Waals surface area contributed by atoms with Crippen molar-refractivity contribution in [2.24, 2.45) is 0 Å². The van der Waals surface area contributed by atoms with Crippen LogP contribution < -0.4 is 11.2 Å². The quantitative estimate of drug-likeness (QED) is 0.757. The van der Waals surface area contributed by atoms with E-state index < -0.39 is 11.2 Å². The predicted molar refractivity (Wildman–Crippen MR) is 77.7 cm³/mol. The van der Waals surface area contributed by atoms with Gasteiger partial charge in [0.15, 0.2) is 11.0 Å². The normalized spacial score (nSPS) is 16.0. The SMILES string of the molecule is CC1(C)CCc2c(C#N)c(=O)c3c(N)c(F)c(Cl)nc3n21. The van der Waals surface area contributed by atoms with Gasteiger partial charge in [0, 0.05) is 11.2 Å². The van der Waals surface area contributed by atoms with Gasteiger partial charge in [-0.2, -0.15) is 5.26 Å². The Kier molecular flexibility index (Phi) is 2.76. The highest BCUT2D eigenvalue weighted by atomic mass is 35.5. The van der Waals surface area contributed by atoms with Crippen molar-refractivity contribution in [1.29, 1.82) is 5.26 Å². The van der Waals surface area contributed by atoms with Gasteiger partial charge >= 0.3 is 0 Å². The average Bonchev–Trinajstić information content (AvgIpc) is 2.72. The van der Waals surface area contributed by atoms with Crippen LogP contribution in [-0.4, -0.2) is 9.55 Å². The summed E-state index contributed by atoms with van der Waals surface area (Å²) in [4.78, 5) is 16.5. The van der Waals surface area contributed by atoms with Gasteiger partial charge in [-0.25, -0.2) is 9.37 Å². The largest absolute Gasteiger partial charge is 0.396 e. The minimum absolute atomic E-state index is 0.00305. The van der Waals surface area contributed by atoms with E-state index in [1.165, 1.54) is 0 Å². The zero-order valence-electron chi connectivity index (χ0n) is 11.5. The lowest BCUT2D eigenvalue weighted by atomic mass is 10.0. The third-order valence-corrected chi connectivity index (χ3v) is 4.28. The first-order chi connectivity index (χ1) is 9.79. The number of nitrogens with two attached hydrogens (primary N) is 1. The lowest BCUT2D eigenvalue weighted by Crippen LogP contribution is -2.27. The number of anilines is 1. The lowest BCUT2D eigenvalue weighted by molar-refractivity contribution is 0.383. The molecule has 2 aromatic heterocycles. The van der Waals surface area contributed by atoms with Crippen LogP contribution in [0.5, 0.6) is 0 Å². The topological polar surface area (TPSA) is 84.7 Å². The van der Waals surface area contributed by atoms with Crippen molar-refractivity contribution in [1.82, 2.24) is 9.55 Å². The zero-order chi connectivity index (χ0) is 15.5. The van der Waals surface area contributed by atoms with Gasteiger partial charge in [-0.05, 0) is 26.7 Å². The Hall–Kier alpha value is -2.13. The van der Waals surface area contributed by atoms with Crippen LogP contribution in [0.1, 0.15) is 31.5 Å². The monoisotopic (exact) mass is 306 g/mol. The first kappa shape index (κ1) is 13.8. The Morgan fingerprint density at radius 1 is 1.52 bits per heavy atom. The van der Waals surface area contributed by atoms with E-state index in [1.54, 1.807) is 4.57 Å². The molecule has 0 radical (unpaired) electrons. The molecule has 108 valence electrons. The van der Waals surface area contributed by atoms with Gasteiger partial charge in [-0.1, -0.05) is 11.6 Å². The van der Waals surface area contributed by atoms with Gasteiger partial charge in [0.2, 0.25) is 5.43 Å². The second kappa shape index (κ2) is 4.18. The summed E-state index contributed by atoms with van der Waals surface area (Å²) in [6, 6.07) is 1.91. The van der Waals surface area contributed by atoms with Crippen LogP contribution in [-0.2, 0) is 12.0 Å². The lowest BCUT2D eigenvalue weighted by Gasteiger charge is -2.25. The number of halogens is 2. The minimum Gasteiger partial charge on any atom is -0.396 e. The second-order valence-electron chi connectivity index (χ2n) is 5.74. The van der Waals surface area contributed by atoms with E-state index in [2.05, 4.69) is 4.98 Å². The molecule has 0 spiro atoms. The Morgan fingerprint density at radius 3 is 2.81 bits per heavy atom. The van der Waals surface area contributed by atoms with Crippen molar-refractivity contribution in [3.8, 4) is 6.07 Å². The summed E-state index contributed by atoms with van der Waals surface area (Å²) in [5.41, 5.74) is 5.25. The first-order valence-corrected chi connectivity index (χ1v) is 6.80. The molecule has 1 aliphatic heterocycles. The highest BCUT2D eigenvalue weighted by molar-refractivity contribution is 6.30. The number of fused-ring (bicyclic) bond motifs is 3. The summed E-state index contributed by atoms with van der Waals surface area (Å²) in [7, 11) is 0. The smallest absolute Gasteiger partial charge is 0.211 e. The zero-order valence-corrected chi connectivity index (χ0v) is 12.3. The van der Waals surface area contributed by atoms with Crippen LogP contribution in [0.15, 0.2) is 4.79 Å². The fourth-order valence-electron chi connectivity index (χ4n) is 2.96. The van der Waals surface area contributed by atoms with Crippen molar-refractivity contribution < 1.29 is 4.39 Å². The van der Waals surface area contributed by atoms with Crippen LogP contribution in [0, 0.1) is 17.1 Å². The number of aromatic nitrogens is 2. The summed E-state index contributed by atoms with van der Waals surface area (Å²) in [6.07, 6.45) is 1.33. The number of hydrogen-bond acceptors (Lipinski definition) is 4. The molecule has 0 unspecified atom stereocenters. The Balaban J connectivity index is 2.67. The van der Waals surface area contributed by atoms with Gasteiger partial charge in [0.05, 0.1) is 11.1 Å². The fourth-order valence-corrected chi connectivity index (χ4v) is 3.14. The molecule has 2 aromatic rings. The third-order valence-electron chi connectivity index (χ3n) is 4.03. The van der Waals surface area contributed by atoms with Crippen molar-refractivity contribution in [2.45, 2.75) is 32.2 Å².